The van der Waals surface area contributed by atoms with Crippen LogP contribution in [0.2, 0.25) is 0 Å². The van der Waals surface area contributed by atoms with E-state index in [9.17, 15) is 14.0 Å². The van der Waals surface area contributed by atoms with Crippen molar-refractivity contribution in [3.63, 3.8) is 0 Å². The second kappa shape index (κ2) is 8.91. The molecule has 0 saturated carbocycles. The van der Waals surface area contributed by atoms with Gasteiger partial charge in [0.1, 0.15) is 11.6 Å². The summed E-state index contributed by atoms with van der Waals surface area (Å²) in [7, 11) is 0. The molecule has 0 heterocycles. The molecule has 4 nitrogen and oxygen atoms in total. The van der Waals surface area contributed by atoms with E-state index in [1.54, 1.807) is 31.2 Å². The Morgan fingerprint density at radius 3 is 1.90 bits per heavy atom. The van der Waals surface area contributed by atoms with Crippen molar-refractivity contribution in [2.75, 3.05) is 5.32 Å². The van der Waals surface area contributed by atoms with Crippen molar-refractivity contribution in [1.82, 2.24) is 0 Å². The molecule has 3 aromatic rings. The van der Waals surface area contributed by atoms with Gasteiger partial charge < -0.3 is 10.1 Å². The quantitative estimate of drug-likeness (QED) is 0.560. The van der Waals surface area contributed by atoms with E-state index in [4.69, 9.17) is 4.74 Å². The topological polar surface area (TPSA) is 55.4 Å². The number of benzene rings is 3. The molecule has 0 aliphatic heterocycles. The fourth-order valence-corrected chi connectivity index (χ4v) is 3.31. The Hall–Kier alpha value is -3.47. The Balaban J connectivity index is 1.65. The van der Waals surface area contributed by atoms with Crippen molar-refractivity contribution in [2.45, 2.75) is 33.8 Å². The van der Waals surface area contributed by atoms with Crippen LogP contribution in [0.4, 0.5) is 10.1 Å². The third-order valence-electron chi connectivity index (χ3n) is 4.83. The predicted molar refractivity (Wildman–Crippen MR) is 116 cm³/mol. The van der Waals surface area contributed by atoms with Crippen LogP contribution in [0, 0.1) is 26.6 Å². The average molecular weight is 405 g/mol. The number of anilines is 1. The van der Waals surface area contributed by atoms with E-state index in [1.807, 2.05) is 32.9 Å². The van der Waals surface area contributed by atoms with Gasteiger partial charge in [0.25, 0.3) is 5.91 Å². The van der Waals surface area contributed by atoms with Gasteiger partial charge in [0, 0.05) is 16.8 Å². The number of rotatable bonds is 6. The molecule has 1 N–H and O–H groups in total. The minimum Gasteiger partial charge on any atom is -0.481 e. The lowest BCUT2D eigenvalue weighted by molar-refractivity contribution is -0.122. The van der Waals surface area contributed by atoms with Crippen molar-refractivity contribution < 1.29 is 18.7 Å². The molecule has 0 aromatic heterocycles. The van der Waals surface area contributed by atoms with Crippen molar-refractivity contribution in [3.05, 3.63) is 94.3 Å². The standard InChI is InChI=1S/C25H24FNO3/c1-15-13-16(2)23(17(3)14-15)27-25(29)18(4)30-22-11-7-20(8-12-22)24(28)19-5-9-21(26)10-6-19/h5-14,18H,1-4H3,(H,27,29)/t18-/m1/s1. The molecule has 0 spiro atoms. The van der Waals surface area contributed by atoms with E-state index in [-0.39, 0.29) is 11.7 Å². The van der Waals surface area contributed by atoms with Crippen LogP contribution in [0.5, 0.6) is 5.75 Å². The maximum atomic E-state index is 13.0. The SMILES string of the molecule is Cc1cc(C)c(NC(=O)[C@@H](C)Oc2ccc(C(=O)c3ccc(F)cc3)cc2)c(C)c1. The normalized spacial score (nSPS) is 11.6. The highest BCUT2D eigenvalue weighted by Crippen LogP contribution is 2.23. The lowest BCUT2D eigenvalue weighted by Gasteiger charge is -2.17. The van der Waals surface area contributed by atoms with E-state index in [0.717, 1.165) is 22.4 Å². The van der Waals surface area contributed by atoms with Crippen LogP contribution < -0.4 is 10.1 Å². The van der Waals surface area contributed by atoms with Gasteiger partial charge in [0.05, 0.1) is 0 Å². The summed E-state index contributed by atoms with van der Waals surface area (Å²) in [4.78, 5) is 25.0. The monoisotopic (exact) mass is 405 g/mol. The number of carbonyl (C=O) groups is 2. The van der Waals surface area contributed by atoms with Gasteiger partial charge in [-0.3, -0.25) is 9.59 Å². The summed E-state index contributed by atoms with van der Waals surface area (Å²) < 4.78 is 18.8. The highest BCUT2D eigenvalue weighted by atomic mass is 19.1. The molecule has 5 heteroatoms. The molecule has 3 rings (SSSR count). The van der Waals surface area contributed by atoms with Crippen LogP contribution in [0.15, 0.2) is 60.7 Å². The van der Waals surface area contributed by atoms with Gasteiger partial charge in [-0.1, -0.05) is 17.7 Å². The molecule has 0 aliphatic rings. The van der Waals surface area contributed by atoms with Crippen molar-refractivity contribution >= 4 is 17.4 Å². The van der Waals surface area contributed by atoms with E-state index >= 15 is 0 Å². The number of ether oxygens (including phenoxy) is 1. The molecular formula is C25H24FNO3. The molecule has 0 bridgehead atoms. The molecule has 0 aliphatic carbocycles. The first kappa shape index (κ1) is 21.2. The first-order chi connectivity index (χ1) is 14.2. The fraction of sp³-hybridized carbons (Fsp3) is 0.200. The fourth-order valence-electron chi connectivity index (χ4n) is 3.31. The number of amides is 1. The maximum Gasteiger partial charge on any atom is 0.265 e. The molecule has 0 unspecified atom stereocenters. The number of aryl methyl sites for hydroxylation is 3. The zero-order chi connectivity index (χ0) is 21.8. The summed E-state index contributed by atoms with van der Waals surface area (Å²) in [5.41, 5.74) is 4.79. The largest absolute Gasteiger partial charge is 0.481 e. The van der Waals surface area contributed by atoms with E-state index in [1.165, 1.54) is 24.3 Å². The Morgan fingerprint density at radius 1 is 0.867 bits per heavy atom. The first-order valence-corrected chi connectivity index (χ1v) is 9.70. The van der Waals surface area contributed by atoms with E-state index in [0.29, 0.717) is 16.9 Å². The molecule has 1 atom stereocenters. The third-order valence-corrected chi connectivity index (χ3v) is 4.83. The predicted octanol–water partition coefficient (Wildman–Crippen LogP) is 5.39. The van der Waals surface area contributed by atoms with Crippen LogP contribution in [-0.4, -0.2) is 17.8 Å². The molecule has 30 heavy (non-hydrogen) atoms. The highest BCUT2D eigenvalue weighted by Gasteiger charge is 2.17. The van der Waals surface area contributed by atoms with Gasteiger partial charge in [0.15, 0.2) is 11.9 Å². The third kappa shape index (κ3) is 4.92. The van der Waals surface area contributed by atoms with Crippen LogP contribution in [0.25, 0.3) is 0 Å². The highest BCUT2D eigenvalue weighted by molar-refractivity contribution is 6.09. The number of hydrogen-bond donors (Lipinski definition) is 1. The van der Waals surface area contributed by atoms with Gasteiger partial charge in [0.2, 0.25) is 0 Å². The number of ketones is 1. The Kier molecular flexibility index (Phi) is 6.31. The second-order valence-electron chi connectivity index (χ2n) is 7.38. The summed E-state index contributed by atoms with van der Waals surface area (Å²) in [5, 5.41) is 2.93. The van der Waals surface area contributed by atoms with Gasteiger partial charge in [-0.15, -0.1) is 0 Å². The molecular weight excluding hydrogens is 381 g/mol. The lowest BCUT2D eigenvalue weighted by atomic mass is 10.0. The Labute approximate surface area is 175 Å². The summed E-state index contributed by atoms with van der Waals surface area (Å²) in [5.74, 6) is -0.376. The second-order valence-corrected chi connectivity index (χ2v) is 7.38. The van der Waals surface area contributed by atoms with Gasteiger partial charge in [-0.2, -0.15) is 0 Å². The Morgan fingerprint density at radius 2 is 1.37 bits per heavy atom. The number of carbonyl (C=O) groups excluding carboxylic acids is 2. The lowest BCUT2D eigenvalue weighted by Crippen LogP contribution is -2.30. The average Bonchev–Trinajstić information content (AvgIpc) is 2.71. The van der Waals surface area contributed by atoms with E-state index < -0.39 is 11.9 Å². The van der Waals surface area contributed by atoms with Crippen molar-refractivity contribution in [3.8, 4) is 5.75 Å². The molecule has 0 saturated heterocycles. The van der Waals surface area contributed by atoms with Gasteiger partial charge in [-0.25, -0.2) is 4.39 Å². The molecule has 1 amide bonds. The number of halogens is 1. The summed E-state index contributed by atoms with van der Waals surface area (Å²) >= 11 is 0. The van der Waals surface area contributed by atoms with Gasteiger partial charge >= 0.3 is 0 Å². The molecule has 3 aromatic carbocycles. The van der Waals surface area contributed by atoms with Crippen molar-refractivity contribution in [1.29, 1.82) is 0 Å². The summed E-state index contributed by atoms with van der Waals surface area (Å²) in [6, 6.07) is 16.0. The molecule has 154 valence electrons. The van der Waals surface area contributed by atoms with Crippen LogP contribution >= 0.6 is 0 Å². The van der Waals surface area contributed by atoms with Crippen molar-refractivity contribution in [2.24, 2.45) is 0 Å². The minimum atomic E-state index is -0.719. The number of hydrogen-bond acceptors (Lipinski definition) is 3. The maximum absolute atomic E-state index is 13.0. The van der Waals surface area contributed by atoms with Crippen LogP contribution in [0.3, 0.4) is 0 Å². The molecule has 0 fully saturated rings. The number of nitrogens with one attached hydrogen (secondary N) is 1. The smallest absolute Gasteiger partial charge is 0.265 e. The van der Waals surface area contributed by atoms with Crippen LogP contribution in [0.1, 0.15) is 39.5 Å². The first-order valence-electron chi connectivity index (χ1n) is 9.70. The zero-order valence-corrected chi connectivity index (χ0v) is 17.5. The minimum absolute atomic E-state index is 0.210. The summed E-state index contributed by atoms with van der Waals surface area (Å²) in [6.45, 7) is 7.60. The van der Waals surface area contributed by atoms with Crippen LogP contribution in [-0.2, 0) is 4.79 Å². The molecule has 0 radical (unpaired) electrons. The van der Waals surface area contributed by atoms with E-state index in [2.05, 4.69) is 5.32 Å². The van der Waals surface area contributed by atoms with Gasteiger partial charge in [-0.05, 0) is 87.4 Å². The zero-order valence-electron chi connectivity index (χ0n) is 17.5. The summed E-state index contributed by atoms with van der Waals surface area (Å²) in [6.07, 6.45) is -0.719. The Bertz CT molecular complexity index is 1050.